The van der Waals surface area contributed by atoms with Crippen molar-refractivity contribution in [2.75, 3.05) is 25.3 Å². The molecule has 1 heterocycles. The van der Waals surface area contributed by atoms with E-state index in [0.29, 0.717) is 29.4 Å². The van der Waals surface area contributed by atoms with Crippen molar-refractivity contribution in [3.05, 3.63) is 47.7 Å². The number of rotatable bonds is 5. The summed E-state index contributed by atoms with van der Waals surface area (Å²) in [4.78, 5) is 15.6. The third kappa shape index (κ3) is 3.42. The average Bonchev–Trinajstić information content (AvgIpc) is 2.53. The summed E-state index contributed by atoms with van der Waals surface area (Å²) in [5, 5.41) is 3.18. The lowest BCUT2D eigenvalue weighted by molar-refractivity contribution is 0.0602. The Hall–Kier alpha value is -2.76. The number of benzene rings is 1. The molecule has 0 atom stereocenters. The van der Waals surface area contributed by atoms with Gasteiger partial charge in [0, 0.05) is 18.8 Å². The number of esters is 1. The van der Waals surface area contributed by atoms with Crippen LogP contribution in [0.5, 0.6) is 5.88 Å². The molecule has 0 radical (unpaired) electrons. The number of hydrogen-bond acceptors (Lipinski definition) is 6. The quantitative estimate of drug-likeness (QED) is 0.646. The highest BCUT2D eigenvalue weighted by atomic mass is 16.5. The molecule has 21 heavy (non-hydrogen) atoms. The highest BCUT2D eigenvalue weighted by Crippen LogP contribution is 2.24. The maximum absolute atomic E-state index is 11.6. The Bertz CT molecular complexity index is 644. The molecule has 0 aliphatic rings. The molecule has 6 heteroatoms. The Morgan fingerprint density at radius 1 is 1.33 bits per heavy atom. The number of methoxy groups -OCH3 is 2. The van der Waals surface area contributed by atoms with Crippen molar-refractivity contribution in [1.82, 2.24) is 4.98 Å². The Morgan fingerprint density at radius 2 is 2.14 bits per heavy atom. The summed E-state index contributed by atoms with van der Waals surface area (Å²) >= 11 is 0. The molecule has 1 aromatic heterocycles. The molecular weight excluding hydrogens is 270 g/mol. The first kappa shape index (κ1) is 14.6. The molecule has 0 saturated carbocycles. The lowest BCUT2D eigenvalue weighted by Gasteiger charge is -2.12. The number of pyridine rings is 1. The van der Waals surface area contributed by atoms with Crippen LogP contribution in [0.2, 0.25) is 0 Å². The molecule has 0 amide bonds. The number of nitrogens with zero attached hydrogens (tertiary/aromatic N) is 1. The molecule has 1 aromatic carbocycles. The van der Waals surface area contributed by atoms with Crippen LogP contribution in [-0.4, -0.2) is 25.2 Å². The fraction of sp³-hybridized carbons (Fsp3) is 0.200. The summed E-state index contributed by atoms with van der Waals surface area (Å²) in [6.07, 6.45) is 1.67. The fourth-order valence-corrected chi connectivity index (χ4v) is 1.88. The van der Waals surface area contributed by atoms with Gasteiger partial charge >= 0.3 is 5.97 Å². The Morgan fingerprint density at radius 3 is 2.86 bits per heavy atom. The van der Waals surface area contributed by atoms with Crippen molar-refractivity contribution in [2.24, 2.45) is 0 Å². The first-order valence-electron chi connectivity index (χ1n) is 6.35. The topological polar surface area (TPSA) is 86.5 Å². The minimum absolute atomic E-state index is 0.342. The van der Waals surface area contributed by atoms with Crippen molar-refractivity contribution < 1.29 is 14.3 Å². The van der Waals surface area contributed by atoms with Gasteiger partial charge in [-0.1, -0.05) is 6.07 Å². The molecule has 0 bridgehead atoms. The van der Waals surface area contributed by atoms with Crippen molar-refractivity contribution >= 4 is 17.3 Å². The normalized spacial score (nSPS) is 10.0. The van der Waals surface area contributed by atoms with Crippen LogP contribution < -0.4 is 15.8 Å². The van der Waals surface area contributed by atoms with Crippen LogP contribution in [0.3, 0.4) is 0 Å². The van der Waals surface area contributed by atoms with Gasteiger partial charge in [-0.2, -0.15) is 0 Å². The lowest BCUT2D eigenvalue weighted by Crippen LogP contribution is -2.09. The van der Waals surface area contributed by atoms with Crippen molar-refractivity contribution in [1.29, 1.82) is 0 Å². The maximum atomic E-state index is 11.6. The molecule has 0 aliphatic heterocycles. The van der Waals surface area contributed by atoms with Crippen LogP contribution in [0.25, 0.3) is 0 Å². The second kappa shape index (κ2) is 6.60. The van der Waals surface area contributed by atoms with Gasteiger partial charge in [0.25, 0.3) is 0 Å². The summed E-state index contributed by atoms with van der Waals surface area (Å²) in [7, 11) is 2.89. The minimum atomic E-state index is -0.457. The summed E-state index contributed by atoms with van der Waals surface area (Å²) in [5.41, 5.74) is 8.35. The number of carbonyl (C=O) groups excluding carboxylic acids is 1. The Labute approximate surface area is 122 Å². The van der Waals surface area contributed by atoms with Gasteiger partial charge in [-0.15, -0.1) is 0 Å². The lowest BCUT2D eigenvalue weighted by atomic mass is 10.1. The monoisotopic (exact) mass is 287 g/mol. The SMILES string of the molecule is COC(=O)c1cccc(NCc2ccnc(OC)c2)c1N. The Kier molecular flexibility index (Phi) is 4.61. The predicted molar refractivity (Wildman–Crippen MR) is 80.3 cm³/mol. The number of carbonyl (C=O) groups is 1. The summed E-state index contributed by atoms with van der Waals surface area (Å²) in [6.45, 7) is 0.535. The zero-order chi connectivity index (χ0) is 15.2. The average molecular weight is 287 g/mol. The van der Waals surface area contributed by atoms with Crippen LogP contribution in [0.4, 0.5) is 11.4 Å². The zero-order valence-corrected chi connectivity index (χ0v) is 11.9. The van der Waals surface area contributed by atoms with E-state index in [1.54, 1.807) is 31.5 Å². The molecule has 3 N–H and O–H groups in total. The molecule has 0 unspecified atom stereocenters. The molecule has 0 spiro atoms. The second-order valence-electron chi connectivity index (χ2n) is 4.32. The third-order valence-electron chi connectivity index (χ3n) is 3.00. The van der Waals surface area contributed by atoms with E-state index < -0.39 is 5.97 Å². The van der Waals surface area contributed by atoms with Crippen molar-refractivity contribution in [3.8, 4) is 5.88 Å². The number of nitrogen functional groups attached to an aromatic ring is 1. The van der Waals surface area contributed by atoms with Crippen LogP contribution >= 0.6 is 0 Å². The molecule has 110 valence electrons. The molecule has 0 saturated heterocycles. The molecule has 6 nitrogen and oxygen atoms in total. The van der Waals surface area contributed by atoms with Gasteiger partial charge < -0.3 is 20.5 Å². The molecule has 0 fully saturated rings. The van der Waals surface area contributed by atoms with E-state index in [1.165, 1.54) is 7.11 Å². The van der Waals surface area contributed by atoms with Crippen LogP contribution in [0.15, 0.2) is 36.5 Å². The number of para-hydroxylation sites is 1. The van der Waals surface area contributed by atoms with E-state index in [0.717, 1.165) is 5.56 Å². The van der Waals surface area contributed by atoms with Crippen LogP contribution in [-0.2, 0) is 11.3 Å². The smallest absolute Gasteiger partial charge is 0.340 e. The van der Waals surface area contributed by atoms with Gasteiger partial charge in [0.05, 0.1) is 31.2 Å². The summed E-state index contributed by atoms with van der Waals surface area (Å²) < 4.78 is 9.76. The highest BCUT2D eigenvalue weighted by Gasteiger charge is 2.12. The number of nitrogens with one attached hydrogen (secondary N) is 1. The Balaban J connectivity index is 2.14. The van der Waals surface area contributed by atoms with E-state index in [9.17, 15) is 4.79 Å². The number of aromatic nitrogens is 1. The van der Waals surface area contributed by atoms with E-state index in [2.05, 4.69) is 10.3 Å². The standard InChI is InChI=1S/C15H17N3O3/c1-20-13-8-10(6-7-17-13)9-18-12-5-3-4-11(14(12)16)15(19)21-2/h3-8,18H,9,16H2,1-2H3. The second-order valence-corrected chi connectivity index (χ2v) is 4.32. The highest BCUT2D eigenvalue weighted by molar-refractivity contribution is 5.98. The van der Waals surface area contributed by atoms with Crippen molar-refractivity contribution in [3.63, 3.8) is 0 Å². The molecule has 2 rings (SSSR count). The molecular formula is C15H17N3O3. The van der Waals surface area contributed by atoms with Gasteiger partial charge in [-0.3, -0.25) is 0 Å². The van der Waals surface area contributed by atoms with E-state index in [-0.39, 0.29) is 0 Å². The van der Waals surface area contributed by atoms with Crippen LogP contribution in [0.1, 0.15) is 15.9 Å². The van der Waals surface area contributed by atoms with E-state index in [1.807, 2.05) is 12.1 Å². The number of ether oxygens (including phenoxy) is 2. The molecule has 2 aromatic rings. The maximum Gasteiger partial charge on any atom is 0.340 e. The first-order valence-corrected chi connectivity index (χ1v) is 6.35. The zero-order valence-electron chi connectivity index (χ0n) is 11.9. The van der Waals surface area contributed by atoms with Crippen LogP contribution in [0, 0.1) is 0 Å². The van der Waals surface area contributed by atoms with E-state index in [4.69, 9.17) is 15.2 Å². The first-order chi connectivity index (χ1) is 10.2. The van der Waals surface area contributed by atoms with Gasteiger partial charge in [0.2, 0.25) is 5.88 Å². The number of anilines is 2. The van der Waals surface area contributed by atoms with Crippen molar-refractivity contribution in [2.45, 2.75) is 6.54 Å². The fourth-order valence-electron chi connectivity index (χ4n) is 1.88. The number of hydrogen-bond donors (Lipinski definition) is 2. The largest absolute Gasteiger partial charge is 0.481 e. The summed E-state index contributed by atoms with van der Waals surface area (Å²) in [6, 6.07) is 8.88. The molecule has 0 aliphatic carbocycles. The predicted octanol–water partition coefficient (Wildman–Crippen LogP) is 2.07. The number of nitrogens with two attached hydrogens (primary N) is 1. The van der Waals surface area contributed by atoms with E-state index >= 15 is 0 Å². The van der Waals surface area contributed by atoms with Gasteiger partial charge in [0.1, 0.15) is 0 Å². The minimum Gasteiger partial charge on any atom is -0.481 e. The summed E-state index contributed by atoms with van der Waals surface area (Å²) in [5.74, 6) is 0.0901. The van der Waals surface area contributed by atoms with Gasteiger partial charge in [-0.05, 0) is 23.8 Å². The van der Waals surface area contributed by atoms with Gasteiger partial charge in [-0.25, -0.2) is 9.78 Å². The third-order valence-corrected chi connectivity index (χ3v) is 3.00. The van der Waals surface area contributed by atoms with Gasteiger partial charge in [0.15, 0.2) is 0 Å².